The van der Waals surface area contributed by atoms with Gasteiger partial charge in [0.05, 0.1) is 0 Å². The maximum absolute atomic E-state index is 4.30. The van der Waals surface area contributed by atoms with Crippen molar-refractivity contribution in [3.8, 4) is 0 Å². The normalized spacial score (nSPS) is 27.8. The summed E-state index contributed by atoms with van der Waals surface area (Å²) in [7, 11) is 0. The molecule has 2 N–H and O–H groups in total. The highest BCUT2D eigenvalue weighted by Gasteiger charge is 2.23. The summed E-state index contributed by atoms with van der Waals surface area (Å²) in [6.07, 6.45) is 5.81. The lowest BCUT2D eigenvalue weighted by Crippen LogP contribution is -2.30. The Morgan fingerprint density at radius 3 is 2.61 bits per heavy atom. The van der Waals surface area contributed by atoms with Crippen molar-refractivity contribution in [2.75, 3.05) is 17.2 Å². The zero-order valence-electron chi connectivity index (χ0n) is 11.7. The van der Waals surface area contributed by atoms with E-state index in [1.54, 1.807) is 0 Å². The molecule has 1 saturated carbocycles. The third-order valence-corrected chi connectivity index (χ3v) is 3.67. The molecular weight excluding hydrogens is 222 g/mol. The summed E-state index contributed by atoms with van der Waals surface area (Å²) in [5.74, 6) is 2.63. The van der Waals surface area contributed by atoms with Crippen molar-refractivity contribution in [2.45, 2.75) is 46.1 Å². The van der Waals surface area contributed by atoms with Gasteiger partial charge in [0, 0.05) is 30.5 Å². The van der Waals surface area contributed by atoms with Crippen LogP contribution in [0.1, 0.15) is 40.0 Å². The zero-order chi connectivity index (χ0) is 13.0. The summed E-state index contributed by atoms with van der Waals surface area (Å²) in [5, 5.41) is 6.91. The van der Waals surface area contributed by atoms with Gasteiger partial charge in [-0.05, 0) is 44.1 Å². The minimum Gasteiger partial charge on any atom is -0.382 e. The number of pyridine rings is 1. The molecule has 0 saturated heterocycles. The molecule has 0 amide bonds. The summed E-state index contributed by atoms with van der Waals surface area (Å²) in [6.45, 7) is 7.72. The van der Waals surface area contributed by atoms with Gasteiger partial charge in [0.15, 0.2) is 0 Å². The molecule has 2 rings (SSSR count). The Bertz CT molecular complexity index is 368. The van der Waals surface area contributed by atoms with Crippen molar-refractivity contribution in [3.63, 3.8) is 0 Å². The second-order valence-corrected chi connectivity index (χ2v) is 5.72. The number of nitrogens with one attached hydrogen (secondary N) is 2. The number of hydrogen-bond donors (Lipinski definition) is 2. The summed E-state index contributed by atoms with van der Waals surface area (Å²) < 4.78 is 0. The van der Waals surface area contributed by atoms with E-state index < -0.39 is 0 Å². The monoisotopic (exact) mass is 247 g/mol. The van der Waals surface area contributed by atoms with Crippen LogP contribution in [0, 0.1) is 11.8 Å². The van der Waals surface area contributed by atoms with Crippen LogP contribution in [0.5, 0.6) is 0 Å². The van der Waals surface area contributed by atoms with Crippen LogP contribution in [0.3, 0.4) is 0 Å². The van der Waals surface area contributed by atoms with Gasteiger partial charge in [-0.1, -0.05) is 13.8 Å². The molecule has 1 aromatic rings. The van der Waals surface area contributed by atoms with Crippen molar-refractivity contribution >= 4 is 11.5 Å². The van der Waals surface area contributed by atoms with E-state index >= 15 is 0 Å². The third-order valence-electron chi connectivity index (χ3n) is 3.67. The molecule has 18 heavy (non-hydrogen) atoms. The SMILES string of the molecule is CCNc1cc(NC2CC(C)CC(C)C2)ccn1. The first-order chi connectivity index (χ1) is 8.67. The van der Waals surface area contributed by atoms with E-state index in [9.17, 15) is 0 Å². The first-order valence-corrected chi connectivity index (χ1v) is 7.13. The van der Waals surface area contributed by atoms with Crippen LogP contribution >= 0.6 is 0 Å². The number of anilines is 2. The molecule has 1 aliphatic carbocycles. The lowest BCUT2D eigenvalue weighted by molar-refractivity contribution is 0.281. The fourth-order valence-electron chi connectivity index (χ4n) is 3.10. The number of rotatable bonds is 4. The fraction of sp³-hybridized carbons (Fsp3) is 0.667. The van der Waals surface area contributed by atoms with Crippen molar-refractivity contribution in [2.24, 2.45) is 11.8 Å². The highest BCUT2D eigenvalue weighted by Crippen LogP contribution is 2.30. The van der Waals surface area contributed by atoms with Crippen molar-refractivity contribution in [1.82, 2.24) is 4.98 Å². The van der Waals surface area contributed by atoms with E-state index in [1.165, 1.54) is 24.9 Å². The molecule has 1 fully saturated rings. The van der Waals surface area contributed by atoms with Gasteiger partial charge in [-0.2, -0.15) is 0 Å². The molecule has 1 heterocycles. The molecular formula is C15H25N3. The van der Waals surface area contributed by atoms with Gasteiger partial charge in [0.2, 0.25) is 0 Å². The van der Waals surface area contributed by atoms with E-state index in [0.717, 1.165) is 24.2 Å². The Morgan fingerprint density at radius 1 is 1.22 bits per heavy atom. The molecule has 2 unspecified atom stereocenters. The molecule has 1 aromatic heterocycles. The second-order valence-electron chi connectivity index (χ2n) is 5.72. The van der Waals surface area contributed by atoms with E-state index in [2.05, 4.69) is 48.5 Å². The predicted molar refractivity (Wildman–Crippen MR) is 78.0 cm³/mol. The summed E-state index contributed by atoms with van der Waals surface area (Å²) >= 11 is 0. The average molecular weight is 247 g/mol. The smallest absolute Gasteiger partial charge is 0.127 e. The molecule has 2 atom stereocenters. The molecule has 0 bridgehead atoms. The van der Waals surface area contributed by atoms with Crippen LogP contribution in [-0.4, -0.2) is 17.6 Å². The Hall–Kier alpha value is -1.25. The van der Waals surface area contributed by atoms with Crippen LogP contribution < -0.4 is 10.6 Å². The molecule has 0 aromatic carbocycles. The van der Waals surface area contributed by atoms with Crippen LogP contribution in [0.15, 0.2) is 18.3 Å². The molecule has 1 aliphatic rings. The topological polar surface area (TPSA) is 37.0 Å². The van der Waals surface area contributed by atoms with Crippen LogP contribution in [-0.2, 0) is 0 Å². The fourth-order valence-corrected chi connectivity index (χ4v) is 3.10. The molecule has 3 heteroatoms. The number of nitrogens with zero attached hydrogens (tertiary/aromatic N) is 1. The van der Waals surface area contributed by atoms with Gasteiger partial charge in [-0.15, -0.1) is 0 Å². The lowest BCUT2D eigenvalue weighted by atomic mass is 9.80. The third kappa shape index (κ3) is 3.62. The van der Waals surface area contributed by atoms with Gasteiger partial charge in [0.1, 0.15) is 5.82 Å². The Labute approximate surface area is 110 Å². The second kappa shape index (κ2) is 6.07. The first kappa shape index (κ1) is 13.2. The van der Waals surface area contributed by atoms with Gasteiger partial charge in [-0.3, -0.25) is 0 Å². The number of hydrogen-bond acceptors (Lipinski definition) is 3. The minimum absolute atomic E-state index is 0.612. The standard InChI is InChI=1S/C15H25N3/c1-4-16-15-10-13(5-6-17-15)18-14-8-11(2)7-12(3)9-14/h5-6,10-12,14H,4,7-9H2,1-3H3,(H2,16,17,18). The van der Waals surface area contributed by atoms with E-state index in [1.807, 2.05) is 6.20 Å². The van der Waals surface area contributed by atoms with Crippen LogP contribution in [0.2, 0.25) is 0 Å². The summed E-state index contributed by atoms with van der Waals surface area (Å²) in [4.78, 5) is 4.30. The van der Waals surface area contributed by atoms with Gasteiger partial charge in [-0.25, -0.2) is 4.98 Å². The Morgan fingerprint density at radius 2 is 1.94 bits per heavy atom. The first-order valence-electron chi connectivity index (χ1n) is 7.13. The van der Waals surface area contributed by atoms with Crippen molar-refractivity contribution in [3.05, 3.63) is 18.3 Å². The largest absolute Gasteiger partial charge is 0.382 e. The number of aromatic nitrogens is 1. The van der Waals surface area contributed by atoms with Gasteiger partial charge < -0.3 is 10.6 Å². The minimum atomic E-state index is 0.612. The van der Waals surface area contributed by atoms with Crippen molar-refractivity contribution < 1.29 is 0 Å². The van der Waals surface area contributed by atoms with Gasteiger partial charge in [0.25, 0.3) is 0 Å². The van der Waals surface area contributed by atoms with Crippen LogP contribution in [0.25, 0.3) is 0 Å². The van der Waals surface area contributed by atoms with Crippen LogP contribution in [0.4, 0.5) is 11.5 Å². The Balaban J connectivity index is 1.97. The molecule has 0 radical (unpaired) electrons. The summed E-state index contributed by atoms with van der Waals surface area (Å²) in [6, 6.07) is 4.78. The summed E-state index contributed by atoms with van der Waals surface area (Å²) in [5.41, 5.74) is 1.19. The van der Waals surface area contributed by atoms with E-state index in [-0.39, 0.29) is 0 Å². The maximum Gasteiger partial charge on any atom is 0.127 e. The average Bonchev–Trinajstić information content (AvgIpc) is 2.28. The van der Waals surface area contributed by atoms with E-state index in [4.69, 9.17) is 0 Å². The Kier molecular flexibility index (Phi) is 4.45. The van der Waals surface area contributed by atoms with E-state index in [0.29, 0.717) is 6.04 Å². The van der Waals surface area contributed by atoms with Crippen molar-refractivity contribution in [1.29, 1.82) is 0 Å². The zero-order valence-corrected chi connectivity index (χ0v) is 11.7. The molecule has 3 nitrogen and oxygen atoms in total. The molecule has 0 aliphatic heterocycles. The lowest BCUT2D eigenvalue weighted by Gasteiger charge is -2.32. The quantitative estimate of drug-likeness (QED) is 0.851. The maximum atomic E-state index is 4.30. The highest BCUT2D eigenvalue weighted by atomic mass is 15.0. The van der Waals surface area contributed by atoms with Gasteiger partial charge >= 0.3 is 0 Å². The predicted octanol–water partition coefficient (Wildman–Crippen LogP) is 3.75. The molecule has 100 valence electrons. The highest BCUT2D eigenvalue weighted by molar-refractivity contribution is 5.52. The molecule has 0 spiro atoms.